The molecule has 2 amide bonds. The van der Waals surface area contributed by atoms with Crippen molar-refractivity contribution in [3.8, 4) is 0 Å². The second-order valence-electron chi connectivity index (χ2n) is 10.8. The minimum Gasteiger partial charge on any atom is -0.445 e. The van der Waals surface area contributed by atoms with Gasteiger partial charge in [-0.2, -0.15) is 0 Å². The summed E-state index contributed by atoms with van der Waals surface area (Å²) in [5.74, 6) is -0.0143. The number of hydrogen-bond donors (Lipinski definition) is 0. The minimum atomic E-state index is -0.401. The molecule has 9 nitrogen and oxygen atoms in total. The summed E-state index contributed by atoms with van der Waals surface area (Å²) in [5.41, 5.74) is 0.634. The van der Waals surface area contributed by atoms with Gasteiger partial charge in [0.2, 0.25) is 0 Å². The Morgan fingerprint density at radius 2 is 2.03 bits per heavy atom. The fraction of sp³-hybridized carbons (Fsp3) is 0.778. The highest BCUT2D eigenvalue weighted by Crippen LogP contribution is 2.59. The second-order valence-corrected chi connectivity index (χ2v) is 10.8. The van der Waals surface area contributed by atoms with Crippen LogP contribution in [-0.4, -0.2) is 97.5 Å². The highest BCUT2D eigenvalue weighted by Gasteiger charge is 2.72. The number of allylic oxidation sites excluding steroid dienone is 1. The predicted molar refractivity (Wildman–Crippen MR) is 134 cm³/mol. The third-order valence-electron chi connectivity index (χ3n) is 8.26. The molecule has 0 N–H and O–H groups in total. The summed E-state index contributed by atoms with van der Waals surface area (Å²) in [7, 11) is 1.68. The Hall–Kier alpha value is -2.10. The van der Waals surface area contributed by atoms with E-state index in [9.17, 15) is 9.59 Å². The molecule has 3 saturated heterocycles. The summed E-state index contributed by atoms with van der Waals surface area (Å²) in [4.78, 5) is 28.8. The van der Waals surface area contributed by atoms with Gasteiger partial charge in [0.05, 0.1) is 24.7 Å². The molecule has 1 saturated carbocycles. The molecule has 1 aliphatic carbocycles. The zero-order valence-corrected chi connectivity index (χ0v) is 22.4. The van der Waals surface area contributed by atoms with Gasteiger partial charge in [-0.25, -0.2) is 9.59 Å². The molecule has 1 spiro atoms. The molecular weight excluding hydrogens is 464 g/mol. The normalized spacial score (nSPS) is 36.5. The van der Waals surface area contributed by atoms with Crippen molar-refractivity contribution >= 4 is 12.2 Å². The average Bonchev–Trinajstić information content (AvgIpc) is 3.74. The maximum absolute atomic E-state index is 13.2. The van der Waals surface area contributed by atoms with E-state index in [2.05, 4.69) is 33.4 Å². The Morgan fingerprint density at radius 3 is 2.58 bits per heavy atom. The van der Waals surface area contributed by atoms with Crippen molar-refractivity contribution in [1.29, 1.82) is 0 Å². The number of rotatable bonds is 10. The van der Waals surface area contributed by atoms with Crippen molar-refractivity contribution in [3.63, 3.8) is 0 Å². The number of ether oxygens (including phenoxy) is 5. The number of epoxide rings is 2. The lowest BCUT2D eigenvalue weighted by atomic mass is 9.68. The standard InChI is InChI=1S/C27H42N2O7/c1-7-15-33-24(30)28(8-2)16-19-12-14-29(19)25(31)35-20-11-13-27(17-34-27)23(22(20)32-6)26(5)21(36-26)10-9-18(3)4/h7,9,19-23H,1,8,10-17H2,2-6H3/t19-,20-,21-,22-,23-,26+,27+/m1/s1. The maximum atomic E-state index is 13.2. The van der Waals surface area contributed by atoms with Crippen LogP contribution in [0.2, 0.25) is 0 Å². The van der Waals surface area contributed by atoms with E-state index in [0.717, 1.165) is 19.3 Å². The Kier molecular flexibility index (Phi) is 8.02. The van der Waals surface area contributed by atoms with Crippen molar-refractivity contribution < 1.29 is 33.3 Å². The summed E-state index contributed by atoms with van der Waals surface area (Å²) < 4.78 is 29.5. The van der Waals surface area contributed by atoms with E-state index in [4.69, 9.17) is 23.7 Å². The number of hydrogen-bond acceptors (Lipinski definition) is 7. The van der Waals surface area contributed by atoms with E-state index in [1.807, 2.05) is 6.92 Å². The van der Waals surface area contributed by atoms with Gasteiger partial charge < -0.3 is 33.5 Å². The molecule has 4 fully saturated rings. The van der Waals surface area contributed by atoms with E-state index >= 15 is 0 Å². The van der Waals surface area contributed by atoms with Crippen LogP contribution in [0.5, 0.6) is 0 Å². The van der Waals surface area contributed by atoms with Crippen molar-refractivity contribution in [2.45, 2.75) is 88.9 Å². The predicted octanol–water partition coefficient (Wildman–Crippen LogP) is 3.92. The van der Waals surface area contributed by atoms with E-state index in [-0.39, 0.29) is 54.2 Å². The molecular formula is C27H42N2O7. The summed E-state index contributed by atoms with van der Waals surface area (Å²) in [5, 5.41) is 0. The summed E-state index contributed by atoms with van der Waals surface area (Å²) in [6.45, 7) is 14.2. The smallest absolute Gasteiger partial charge is 0.410 e. The van der Waals surface area contributed by atoms with Gasteiger partial charge in [0.1, 0.15) is 30.0 Å². The zero-order chi connectivity index (χ0) is 26.1. The number of methoxy groups -OCH3 is 1. The van der Waals surface area contributed by atoms with Crippen LogP contribution >= 0.6 is 0 Å². The molecule has 0 aromatic rings. The molecule has 3 aliphatic heterocycles. The SMILES string of the molecule is C=CCOC(=O)N(CC)C[C@H]1CCN1C(=O)O[C@@H]1CC[C@]2(CO2)[C@@H]([C@@]2(C)O[C@@H]2CC=C(C)C)[C@@H]1OC. The third kappa shape index (κ3) is 5.29. The van der Waals surface area contributed by atoms with Crippen LogP contribution < -0.4 is 0 Å². The van der Waals surface area contributed by atoms with Crippen LogP contribution in [-0.2, 0) is 23.7 Å². The number of carbonyl (C=O) groups excluding carboxylic acids is 2. The Morgan fingerprint density at radius 1 is 1.28 bits per heavy atom. The van der Waals surface area contributed by atoms with Gasteiger partial charge in [0.15, 0.2) is 0 Å². The van der Waals surface area contributed by atoms with E-state index < -0.39 is 6.09 Å². The van der Waals surface area contributed by atoms with Crippen molar-refractivity contribution in [3.05, 3.63) is 24.3 Å². The molecule has 4 rings (SSSR count). The van der Waals surface area contributed by atoms with Crippen LogP contribution in [0.3, 0.4) is 0 Å². The van der Waals surface area contributed by atoms with E-state index in [1.165, 1.54) is 11.6 Å². The van der Waals surface area contributed by atoms with Gasteiger partial charge in [-0.1, -0.05) is 24.3 Å². The lowest BCUT2D eigenvalue weighted by Crippen LogP contribution is -2.59. The maximum Gasteiger partial charge on any atom is 0.410 e. The number of likely N-dealkylation sites (tertiary alicyclic amines) is 1. The molecule has 36 heavy (non-hydrogen) atoms. The van der Waals surface area contributed by atoms with Crippen molar-refractivity contribution in [1.82, 2.24) is 9.80 Å². The zero-order valence-electron chi connectivity index (χ0n) is 22.4. The molecule has 4 aliphatic rings. The minimum absolute atomic E-state index is 0.0143. The molecule has 0 bridgehead atoms. The first-order valence-corrected chi connectivity index (χ1v) is 13.2. The fourth-order valence-corrected chi connectivity index (χ4v) is 5.95. The number of amides is 2. The van der Waals surface area contributed by atoms with Crippen LogP contribution in [0.25, 0.3) is 0 Å². The number of carbonyl (C=O) groups is 2. The van der Waals surface area contributed by atoms with Crippen LogP contribution in [0.15, 0.2) is 24.3 Å². The van der Waals surface area contributed by atoms with E-state index in [0.29, 0.717) is 32.7 Å². The van der Waals surface area contributed by atoms with Gasteiger partial charge in [0.25, 0.3) is 0 Å². The first-order valence-electron chi connectivity index (χ1n) is 13.2. The average molecular weight is 507 g/mol. The molecule has 9 heteroatoms. The van der Waals surface area contributed by atoms with Gasteiger partial charge in [-0.05, 0) is 53.4 Å². The molecule has 0 radical (unpaired) electrons. The lowest BCUT2D eigenvalue weighted by Gasteiger charge is -2.45. The van der Waals surface area contributed by atoms with E-state index in [1.54, 1.807) is 16.9 Å². The van der Waals surface area contributed by atoms with Gasteiger partial charge in [-0.3, -0.25) is 0 Å². The fourth-order valence-electron chi connectivity index (χ4n) is 5.95. The lowest BCUT2D eigenvalue weighted by molar-refractivity contribution is -0.125. The quantitative estimate of drug-likeness (QED) is 0.327. The van der Waals surface area contributed by atoms with Crippen LogP contribution in [0.4, 0.5) is 9.59 Å². The Balaban J connectivity index is 1.38. The topological polar surface area (TPSA) is 93.4 Å². The Labute approximate surface area is 214 Å². The third-order valence-corrected chi connectivity index (χ3v) is 8.26. The summed E-state index contributed by atoms with van der Waals surface area (Å²) in [6, 6.07) is -0.0926. The van der Waals surface area contributed by atoms with Crippen LogP contribution in [0, 0.1) is 5.92 Å². The number of likely N-dealkylation sites (N-methyl/N-ethyl adjacent to an activating group) is 1. The molecule has 0 aromatic carbocycles. The highest BCUT2D eigenvalue weighted by molar-refractivity contribution is 5.70. The van der Waals surface area contributed by atoms with Gasteiger partial charge in [-0.15, -0.1) is 0 Å². The first kappa shape index (κ1) is 26.9. The van der Waals surface area contributed by atoms with Gasteiger partial charge in [0, 0.05) is 26.7 Å². The summed E-state index contributed by atoms with van der Waals surface area (Å²) in [6.07, 6.45) is 5.55. The van der Waals surface area contributed by atoms with Crippen LogP contribution in [0.1, 0.15) is 53.4 Å². The Bertz CT molecular complexity index is 868. The highest BCUT2D eigenvalue weighted by atomic mass is 16.6. The molecule has 0 unspecified atom stereocenters. The van der Waals surface area contributed by atoms with Crippen molar-refractivity contribution in [2.75, 3.05) is 40.0 Å². The first-order chi connectivity index (χ1) is 17.2. The molecule has 3 heterocycles. The summed E-state index contributed by atoms with van der Waals surface area (Å²) >= 11 is 0. The second kappa shape index (κ2) is 10.7. The van der Waals surface area contributed by atoms with Crippen molar-refractivity contribution in [2.24, 2.45) is 5.92 Å². The number of nitrogens with zero attached hydrogens (tertiary/aromatic N) is 2. The molecule has 0 aromatic heterocycles. The largest absolute Gasteiger partial charge is 0.445 e. The van der Waals surface area contributed by atoms with Gasteiger partial charge >= 0.3 is 12.2 Å². The monoisotopic (exact) mass is 506 g/mol. The molecule has 7 atom stereocenters. The molecule has 202 valence electrons.